The van der Waals surface area contributed by atoms with E-state index in [1.54, 1.807) is 11.1 Å². The third-order valence-corrected chi connectivity index (χ3v) is 3.41. The molecule has 1 aliphatic rings. The number of aromatic nitrogens is 1. The molecule has 1 aromatic rings. The van der Waals surface area contributed by atoms with Crippen molar-refractivity contribution >= 4 is 11.8 Å². The SMILES string of the molecule is CCN1C[C@H](C(=O)NCc2ccc(C)nc2)CC1=O. The summed E-state index contributed by atoms with van der Waals surface area (Å²) in [7, 11) is 0. The highest BCUT2D eigenvalue weighted by atomic mass is 16.2. The van der Waals surface area contributed by atoms with E-state index < -0.39 is 0 Å². The maximum atomic E-state index is 12.0. The number of hydrogen-bond acceptors (Lipinski definition) is 3. The van der Waals surface area contributed by atoms with E-state index in [0.717, 1.165) is 11.3 Å². The molecule has 5 nitrogen and oxygen atoms in total. The minimum absolute atomic E-state index is 0.0510. The molecule has 0 radical (unpaired) electrons. The molecule has 19 heavy (non-hydrogen) atoms. The Morgan fingerprint density at radius 3 is 2.89 bits per heavy atom. The van der Waals surface area contributed by atoms with Crippen molar-refractivity contribution in [2.24, 2.45) is 5.92 Å². The topological polar surface area (TPSA) is 62.3 Å². The second-order valence-corrected chi connectivity index (χ2v) is 4.86. The molecule has 0 aliphatic carbocycles. The molecular weight excluding hydrogens is 242 g/mol. The van der Waals surface area contributed by atoms with Crippen LogP contribution in [0.4, 0.5) is 0 Å². The largest absolute Gasteiger partial charge is 0.352 e. The summed E-state index contributed by atoms with van der Waals surface area (Å²) in [4.78, 5) is 29.4. The van der Waals surface area contributed by atoms with Crippen LogP contribution in [0, 0.1) is 12.8 Å². The van der Waals surface area contributed by atoms with Crippen molar-refractivity contribution in [3.8, 4) is 0 Å². The Kier molecular flexibility index (Phi) is 4.14. The molecule has 0 unspecified atom stereocenters. The summed E-state index contributed by atoms with van der Waals surface area (Å²) in [5.74, 6) is -0.199. The maximum Gasteiger partial charge on any atom is 0.225 e. The van der Waals surface area contributed by atoms with Gasteiger partial charge in [0.1, 0.15) is 0 Å². The Morgan fingerprint density at radius 1 is 1.53 bits per heavy atom. The van der Waals surface area contributed by atoms with E-state index in [9.17, 15) is 9.59 Å². The summed E-state index contributed by atoms with van der Waals surface area (Å²) in [6.07, 6.45) is 2.08. The highest BCUT2D eigenvalue weighted by Gasteiger charge is 2.33. The molecule has 5 heteroatoms. The smallest absolute Gasteiger partial charge is 0.225 e. The first-order valence-corrected chi connectivity index (χ1v) is 6.57. The van der Waals surface area contributed by atoms with Crippen molar-refractivity contribution in [2.45, 2.75) is 26.8 Å². The number of amides is 2. The molecule has 102 valence electrons. The first-order chi connectivity index (χ1) is 9.10. The maximum absolute atomic E-state index is 12.0. The van der Waals surface area contributed by atoms with E-state index in [1.807, 2.05) is 26.0 Å². The number of nitrogens with one attached hydrogen (secondary N) is 1. The lowest BCUT2D eigenvalue weighted by Crippen LogP contribution is -2.32. The molecule has 1 aliphatic heterocycles. The lowest BCUT2D eigenvalue weighted by atomic mass is 10.1. The van der Waals surface area contributed by atoms with E-state index in [-0.39, 0.29) is 17.7 Å². The van der Waals surface area contributed by atoms with Crippen LogP contribution in [0.2, 0.25) is 0 Å². The van der Waals surface area contributed by atoms with Gasteiger partial charge >= 0.3 is 0 Å². The van der Waals surface area contributed by atoms with Gasteiger partial charge in [0.25, 0.3) is 0 Å². The van der Waals surface area contributed by atoms with Gasteiger partial charge in [0.2, 0.25) is 11.8 Å². The molecule has 0 spiro atoms. The van der Waals surface area contributed by atoms with Gasteiger partial charge in [-0.05, 0) is 25.5 Å². The van der Waals surface area contributed by atoms with Crippen LogP contribution in [0.1, 0.15) is 24.6 Å². The number of carbonyl (C=O) groups excluding carboxylic acids is 2. The summed E-state index contributed by atoms with van der Waals surface area (Å²) in [5.41, 5.74) is 1.92. The average Bonchev–Trinajstić information content (AvgIpc) is 2.79. The first kappa shape index (κ1) is 13.5. The zero-order valence-electron chi connectivity index (χ0n) is 11.3. The van der Waals surface area contributed by atoms with Gasteiger partial charge in [-0.25, -0.2) is 0 Å². The average molecular weight is 261 g/mol. The van der Waals surface area contributed by atoms with Crippen LogP contribution in [0.25, 0.3) is 0 Å². The van der Waals surface area contributed by atoms with Gasteiger partial charge in [0.05, 0.1) is 5.92 Å². The minimum atomic E-state index is -0.217. The molecule has 0 aromatic carbocycles. The molecule has 1 N–H and O–H groups in total. The lowest BCUT2D eigenvalue weighted by Gasteiger charge is -2.13. The number of likely N-dealkylation sites (tertiary alicyclic amines) is 1. The summed E-state index contributed by atoms with van der Waals surface area (Å²) >= 11 is 0. The molecule has 1 saturated heterocycles. The highest BCUT2D eigenvalue weighted by Crippen LogP contribution is 2.17. The fourth-order valence-corrected chi connectivity index (χ4v) is 2.19. The summed E-state index contributed by atoms with van der Waals surface area (Å²) < 4.78 is 0. The quantitative estimate of drug-likeness (QED) is 0.875. The lowest BCUT2D eigenvalue weighted by molar-refractivity contribution is -0.128. The molecule has 1 atom stereocenters. The summed E-state index contributed by atoms with van der Waals surface area (Å²) in [5, 5.41) is 2.87. The second kappa shape index (κ2) is 5.82. The third-order valence-electron chi connectivity index (χ3n) is 3.41. The molecule has 0 bridgehead atoms. The molecule has 2 heterocycles. The van der Waals surface area contributed by atoms with E-state index in [0.29, 0.717) is 26.1 Å². The molecule has 2 rings (SSSR count). The highest BCUT2D eigenvalue weighted by molar-refractivity contribution is 5.89. The molecule has 0 saturated carbocycles. The van der Waals surface area contributed by atoms with Crippen LogP contribution in [0.3, 0.4) is 0 Å². The van der Waals surface area contributed by atoms with E-state index >= 15 is 0 Å². The number of rotatable bonds is 4. The van der Waals surface area contributed by atoms with Crippen molar-refractivity contribution in [3.63, 3.8) is 0 Å². The molecule has 1 aromatic heterocycles. The van der Waals surface area contributed by atoms with E-state index in [4.69, 9.17) is 0 Å². The number of pyridine rings is 1. The Morgan fingerprint density at radius 2 is 2.32 bits per heavy atom. The third kappa shape index (κ3) is 3.30. The second-order valence-electron chi connectivity index (χ2n) is 4.86. The van der Waals surface area contributed by atoms with Crippen LogP contribution < -0.4 is 5.32 Å². The van der Waals surface area contributed by atoms with Crippen molar-refractivity contribution < 1.29 is 9.59 Å². The van der Waals surface area contributed by atoms with Crippen molar-refractivity contribution in [3.05, 3.63) is 29.6 Å². The van der Waals surface area contributed by atoms with Gasteiger partial charge in [-0.1, -0.05) is 6.07 Å². The number of aryl methyl sites for hydroxylation is 1. The Bertz CT molecular complexity index is 470. The van der Waals surface area contributed by atoms with E-state index in [1.165, 1.54) is 0 Å². The van der Waals surface area contributed by atoms with Gasteiger partial charge in [0.15, 0.2) is 0 Å². The first-order valence-electron chi connectivity index (χ1n) is 6.57. The fourth-order valence-electron chi connectivity index (χ4n) is 2.19. The van der Waals surface area contributed by atoms with Crippen LogP contribution in [0.15, 0.2) is 18.3 Å². The Balaban J connectivity index is 1.85. The minimum Gasteiger partial charge on any atom is -0.352 e. The zero-order valence-corrected chi connectivity index (χ0v) is 11.3. The molecular formula is C14H19N3O2. The number of hydrogen-bond donors (Lipinski definition) is 1. The standard InChI is InChI=1S/C14H19N3O2/c1-3-17-9-12(6-13(17)18)14(19)16-8-11-5-4-10(2)15-7-11/h4-5,7,12H,3,6,8-9H2,1-2H3,(H,16,19)/t12-/m1/s1. The summed E-state index contributed by atoms with van der Waals surface area (Å²) in [6.45, 7) is 5.52. The predicted molar refractivity (Wildman–Crippen MR) is 71.2 cm³/mol. The monoisotopic (exact) mass is 261 g/mol. The predicted octanol–water partition coefficient (Wildman–Crippen LogP) is 0.875. The molecule has 1 fully saturated rings. The van der Waals surface area contributed by atoms with Gasteiger partial charge in [0, 0.05) is 37.9 Å². The van der Waals surface area contributed by atoms with Crippen LogP contribution >= 0.6 is 0 Å². The van der Waals surface area contributed by atoms with Gasteiger partial charge in [-0.2, -0.15) is 0 Å². The molecule has 2 amide bonds. The fraction of sp³-hybridized carbons (Fsp3) is 0.500. The Hall–Kier alpha value is -1.91. The van der Waals surface area contributed by atoms with Crippen LogP contribution in [-0.2, 0) is 16.1 Å². The number of nitrogens with zero attached hydrogens (tertiary/aromatic N) is 2. The van der Waals surface area contributed by atoms with Crippen molar-refractivity contribution in [1.29, 1.82) is 0 Å². The normalized spacial score (nSPS) is 18.7. The summed E-state index contributed by atoms with van der Waals surface area (Å²) in [6, 6.07) is 3.86. The number of carbonyl (C=O) groups is 2. The Labute approximate surface area is 113 Å². The van der Waals surface area contributed by atoms with Gasteiger partial charge in [-0.15, -0.1) is 0 Å². The zero-order chi connectivity index (χ0) is 13.8. The van der Waals surface area contributed by atoms with Crippen molar-refractivity contribution in [1.82, 2.24) is 15.2 Å². The van der Waals surface area contributed by atoms with E-state index in [2.05, 4.69) is 10.3 Å². The van der Waals surface area contributed by atoms with Gasteiger partial charge < -0.3 is 10.2 Å². The van der Waals surface area contributed by atoms with Crippen molar-refractivity contribution in [2.75, 3.05) is 13.1 Å². The van der Waals surface area contributed by atoms with Gasteiger partial charge in [-0.3, -0.25) is 14.6 Å². The van der Waals surface area contributed by atoms with Crippen LogP contribution in [-0.4, -0.2) is 34.8 Å². The van der Waals surface area contributed by atoms with Crippen LogP contribution in [0.5, 0.6) is 0 Å².